The third kappa shape index (κ3) is 1.74. The van der Waals surface area contributed by atoms with Gasteiger partial charge in [0, 0.05) is 11.8 Å². The number of aromatic nitrogens is 3. The minimum absolute atomic E-state index is 0.572. The lowest BCUT2D eigenvalue weighted by atomic mass is 10.2. The number of hydrogen-bond donors (Lipinski definition) is 2. The van der Waals surface area contributed by atoms with Gasteiger partial charge in [0.25, 0.3) is 0 Å². The Labute approximate surface area is 92.8 Å². The summed E-state index contributed by atoms with van der Waals surface area (Å²) in [6.45, 7) is 5.56. The van der Waals surface area contributed by atoms with Crippen molar-refractivity contribution in [2.24, 2.45) is 5.84 Å². The number of rotatable bonds is 2. The highest BCUT2D eigenvalue weighted by Gasteiger charge is 2.15. The highest BCUT2D eigenvalue weighted by atomic mass is 16.5. The summed E-state index contributed by atoms with van der Waals surface area (Å²) >= 11 is 0. The SMILES string of the molecule is Cc1cc(NN)nc(-c2c(C)noc2C)n1. The van der Waals surface area contributed by atoms with E-state index in [0.29, 0.717) is 17.4 Å². The van der Waals surface area contributed by atoms with E-state index in [9.17, 15) is 0 Å². The molecule has 0 unspecified atom stereocenters. The molecule has 2 aromatic heterocycles. The lowest BCUT2D eigenvalue weighted by Gasteiger charge is -2.04. The van der Waals surface area contributed by atoms with E-state index in [-0.39, 0.29) is 0 Å². The van der Waals surface area contributed by atoms with Crippen LogP contribution >= 0.6 is 0 Å². The van der Waals surface area contributed by atoms with Gasteiger partial charge in [-0.2, -0.15) is 0 Å². The summed E-state index contributed by atoms with van der Waals surface area (Å²) in [5.41, 5.74) is 4.93. The second kappa shape index (κ2) is 3.90. The Kier molecular flexibility index (Phi) is 2.57. The first kappa shape index (κ1) is 10.6. The predicted molar refractivity (Wildman–Crippen MR) is 59.6 cm³/mol. The van der Waals surface area contributed by atoms with Gasteiger partial charge in [0.05, 0.1) is 11.3 Å². The summed E-state index contributed by atoms with van der Waals surface area (Å²) in [6.07, 6.45) is 0. The van der Waals surface area contributed by atoms with E-state index < -0.39 is 0 Å². The number of hydrogen-bond acceptors (Lipinski definition) is 6. The van der Waals surface area contributed by atoms with Crippen LogP contribution in [-0.4, -0.2) is 15.1 Å². The van der Waals surface area contributed by atoms with Crippen LogP contribution in [0, 0.1) is 20.8 Å². The number of aryl methyl sites for hydroxylation is 3. The Hall–Kier alpha value is -1.95. The van der Waals surface area contributed by atoms with Gasteiger partial charge in [0.15, 0.2) is 5.82 Å². The third-order valence-corrected chi connectivity index (χ3v) is 2.26. The van der Waals surface area contributed by atoms with Gasteiger partial charge in [0.1, 0.15) is 11.6 Å². The molecule has 16 heavy (non-hydrogen) atoms. The van der Waals surface area contributed by atoms with Crippen molar-refractivity contribution in [3.63, 3.8) is 0 Å². The molecule has 0 saturated heterocycles. The van der Waals surface area contributed by atoms with Crippen molar-refractivity contribution >= 4 is 5.82 Å². The normalized spacial score (nSPS) is 10.5. The standard InChI is InChI=1S/C10H13N5O/c1-5-4-8(14-11)13-10(12-5)9-6(2)15-16-7(9)3/h4H,11H2,1-3H3,(H,12,13,14). The van der Waals surface area contributed by atoms with Gasteiger partial charge in [-0.25, -0.2) is 15.8 Å². The van der Waals surface area contributed by atoms with E-state index in [1.165, 1.54) is 0 Å². The fourth-order valence-electron chi connectivity index (χ4n) is 1.56. The fourth-order valence-corrected chi connectivity index (χ4v) is 1.56. The number of nitrogens with one attached hydrogen (secondary N) is 1. The molecular formula is C10H13N5O. The van der Waals surface area contributed by atoms with Gasteiger partial charge in [0.2, 0.25) is 0 Å². The molecule has 2 rings (SSSR count). The van der Waals surface area contributed by atoms with Gasteiger partial charge >= 0.3 is 0 Å². The Morgan fingerprint density at radius 1 is 1.25 bits per heavy atom. The van der Waals surface area contributed by atoms with Crippen LogP contribution in [0.3, 0.4) is 0 Å². The zero-order valence-electron chi connectivity index (χ0n) is 9.40. The highest BCUT2D eigenvalue weighted by molar-refractivity contribution is 5.61. The second-order valence-electron chi connectivity index (χ2n) is 3.56. The molecular weight excluding hydrogens is 206 g/mol. The number of anilines is 1. The molecule has 0 aliphatic carbocycles. The highest BCUT2D eigenvalue weighted by Crippen LogP contribution is 2.24. The number of nitrogen functional groups attached to an aromatic ring is 1. The molecule has 2 heterocycles. The molecule has 0 bridgehead atoms. The maximum absolute atomic E-state index is 5.34. The minimum atomic E-state index is 0.572. The quantitative estimate of drug-likeness (QED) is 0.585. The summed E-state index contributed by atoms with van der Waals surface area (Å²) in [7, 11) is 0. The number of nitrogens with zero attached hydrogens (tertiary/aromatic N) is 3. The van der Waals surface area contributed by atoms with Crippen LogP contribution in [0.5, 0.6) is 0 Å². The van der Waals surface area contributed by atoms with Crippen molar-refractivity contribution in [3.8, 4) is 11.4 Å². The molecule has 0 radical (unpaired) electrons. The Bertz CT molecular complexity index is 500. The summed E-state index contributed by atoms with van der Waals surface area (Å²) in [4.78, 5) is 8.61. The van der Waals surface area contributed by atoms with Crippen LogP contribution in [0.15, 0.2) is 10.6 Å². The van der Waals surface area contributed by atoms with Crippen LogP contribution in [0.1, 0.15) is 17.1 Å². The van der Waals surface area contributed by atoms with Crippen molar-refractivity contribution < 1.29 is 4.52 Å². The summed E-state index contributed by atoms with van der Waals surface area (Å²) in [6, 6.07) is 1.77. The van der Waals surface area contributed by atoms with Gasteiger partial charge in [-0.1, -0.05) is 5.16 Å². The first-order valence-corrected chi connectivity index (χ1v) is 4.87. The van der Waals surface area contributed by atoms with E-state index >= 15 is 0 Å². The zero-order chi connectivity index (χ0) is 11.7. The second-order valence-corrected chi connectivity index (χ2v) is 3.56. The van der Waals surface area contributed by atoms with E-state index in [2.05, 4.69) is 20.6 Å². The topological polar surface area (TPSA) is 89.9 Å². The largest absolute Gasteiger partial charge is 0.361 e. The number of hydrazine groups is 1. The van der Waals surface area contributed by atoms with Crippen LogP contribution < -0.4 is 11.3 Å². The van der Waals surface area contributed by atoms with E-state index in [0.717, 1.165) is 17.0 Å². The van der Waals surface area contributed by atoms with Crippen molar-refractivity contribution in [3.05, 3.63) is 23.2 Å². The van der Waals surface area contributed by atoms with E-state index in [4.69, 9.17) is 10.4 Å². The van der Waals surface area contributed by atoms with Crippen molar-refractivity contribution in [1.29, 1.82) is 0 Å². The van der Waals surface area contributed by atoms with E-state index in [1.54, 1.807) is 6.07 Å². The van der Waals surface area contributed by atoms with Gasteiger partial charge in [-0.05, 0) is 20.8 Å². The monoisotopic (exact) mass is 219 g/mol. The molecule has 0 amide bonds. The lowest BCUT2D eigenvalue weighted by Crippen LogP contribution is -2.10. The maximum atomic E-state index is 5.34. The number of nitrogens with two attached hydrogens (primary N) is 1. The lowest BCUT2D eigenvalue weighted by molar-refractivity contribution is 0.393. The van der Waals surface area contributed by atoms with Crippen LogP contribution in [0.2, 0.25) is 0 Å². The Balaban J connectivity index is 2.60. The Morgan fingerprint density at radius 2 is 2.00 bits per heavy atom. The average Bonchev–Trinajstić information content (AvgIpc) is 2.57. The average molecular weight is 219 g/mol. The van der Waals surface area contributed by atoms with Gasteiger partial charge in [-0.3, -0.25) is 0 Å². The summed E-state index contributed by atoms with van der Waals surface area (Å²) in [5, 5.41) is 3.87. The van der Waals surface area contributed by atoms with Crippen molar-refractivity contribution in [2.45, 2.75) is 20.8 Å². The molecule has 6 nitrogen and oxygen atoms in total. The van der Waals surface area contributed by atoms with Gasteiger partial charge < -0.3 is 9.95 Å². The molecule has 2 aromatic rings. The molecule has 84 valence electrons. The van der Waals surface area contributed by atoms with Gasteiger partial charge in [-0.15, -0.1) is 0 Å². The zero-order valence-corrected chi connectivity index (χ0v) is 9.40. The fraction of sp³-hybridized carbons (Fsp3) is 0.300. The molecule has 0 atom stereocenters. The first-order valence-electron chi connectivity index (χ1n) is 4.87. The summed E-state index contributed by atoms with van der Waals surface area (Å²) in [5.74, 6) is 7.18. The molecule has 6 heteroatoms. The van der Waals surface area contributed by atoms with E-state index in [1.807, 2.05) is 20.8 Å². The van der Waals surface area contributed by atoms with Crippen molar-refractivity contribution in [1.82, 2.24) is 15.1 Å². The first-order chi connectivity index (χ1) is 7.61. The molecule has 0 saturated carbocycles. The Morgan fingerprint density at radius 3 is 2.56 bits per heavy atom. The molecule has 0 spiro atoms. The van der Waals surface area contributed by atoms with Crippen LogP contribution in [0.4, 0.5) is 5.82 Å². The smallest absolute Gasteiger partial charge is 0.167 e. The minimum Gasteiger partial charge on any atom is -0.361 e. The molecule has 0 aromatic carbocycles. The third-order valence-electron chi connectivity index (χ3n) is 2.26. The van der Waals surface area contributed by atoms with Crippen molar-refractivity contribution in [2.75, 3.05) is 5.43 Å². The molecule has 0 aliphatic rings. The predicted octanol–water partition coefficient (Wildman–Crippen LogP) is 1.34. The maximum Gasteiger partial charge on any atom is 0.167 e. The molecule has 0 fully saturated rings. The van der Waals surface area contributed by atoms with Crippen LogP contribution in [-0.2, 0) is 0 Å². The molecule has 0 aliphatic heterocycles. The summed E-state index contributed by atoms with van der Waals surface area (Å²) < 4.78 is 5.08. The van der Waals surface area contributed by atoms with Crippen LogP contribution in [0.25, 0.3) is 11.4 Å². The molecule has 3 N–H and O–H groups in total.